The number of likely N-dealkylation sites (tertiary alicyclic amines) is 1. The summed E-state index contributed by atoms with van der Waals surface area (Å²) in [6.07, 6.45) is 2.54. The third-order valence-corrected chi connectivity index (χ3v) is 7.49. The standard InChI is InChI=1S/C27H31N3O3S/c1-20-5-11-25(12-6-20)29-34(32,33)26-15-13-24(14-16-26)28-27(31)23-9-7-22(8-10-23)19-30-17-3-4-21(2)18-30/h5-16,21,29H,3-4,17-19H2,1-2H3,(H,28,31)/t21-/m0/s1. The highest BCUT2D eigenvalue weighted by molar-refractivity contribution is 7.92. The van der Waals surface area contributed by atoms with Crippen molar-refractivity contribution in [1.29, 1.82) is 0 Å². The van der Waals surface area contributed by atoms with Crippen LogP contribution in [-0.4, -0.2) is 32.3 Å². The Kier molecular flexibility index (Phi) is 7.34. The maximum atomic E-state index is 12.7. The molecule has 1 aliphatic rings. The molecular weight excluding hydrogens is 446 g/mol. The van der Waals surface area contributed by atoms with Gasteiger partial charge in [0.2, 0.25) is 0 Å². The quantitative estimate of drug-likeness (QED) is 0.485. The summed E-state index contributed by atoms with van der Waals surface area (Å²) in [6.45, 7) is 7.38. The molecule has 1 aliphatic heterocycles. The number of aryl methyl sites for hydroxylation is 1. The summed E-state index contributed by atoms with van der Waals surface area (Å²) in [6, 6.07) is 20.9. The maximum Gasteiger partial charge on any atom is 0.261 e. The molecule has 34 heavy (non-hydrogen) atoms. The van der Waals surface area contributed by atoms with E-state index in [1.54, 1.807) is 24.3 Å². The molecule has 0 bridgehead atoms. The number of hydrogen-bond acceptors (Lipinski definition) is 4. The van der Waals surface area contributed by atoms with E-state index in [4.69, 9.17) is 0 Å². The van der Waals surface area contributed by atoms with E-state index >= 15 is 0 Å². The van der Waals surface area contributed by atoms with Gasteiger partial charge >= 0.3 is 0 Å². The van der Waals surface area contributed by atoms with Crippen LogP contribution in [0.3, 0.4) is 0 Å². The van der Waals surface area contributed by atoms with Crippen LogP contribution in [0.1, 0.15) is 41.3 Å². The third-order valence-electron chi connectivity index (χ3n) is 6.09. The first-order chi connectivity index (χ1) is 16.3. The van der Waals surface area contributed by atoms with Crippen molar-refractivity contribution in [3.63, 3.8) is 0 Å². The predicted molar refractivity (Wildman–Crippen MR) is 136 cm³/mol. The Morgan fingerprint density at radius 3 is 2.24 bits per heavy atom. The minimum Gasteiger partial charge on any atom is -0.322 e. The number of piperidine rings is 1. The molecule has 1 atom stereocenters. The number of amides is 1. The van der Waals surface area contributed by atoms with Crippen molar-refractivity contribution in [2.75, 3.05) is 23.1 Å². The summed E-state index contributed by atoms with van der Waals surface area (Å²) in [7, 11) is -3.71. The fourth-order valence-electron chi connectivity index (χ4n) is 4.21. The maximum absolute atomic E-state index is 12.7. The Hall–Kier alpha value is -3.16. The van der Waals surface area contributed by atoms with Crippen LogP contribution in [-0.2, 0) is 16.6 Å². The Morgan fingerprint density at radius 1 is 0.941 bits per heavy atom. The van der Waals surface area contributed by atoms with E-state index in [1.807, 2.05) is 43.3 Å². The van der Waals surface area contributed by atoms with Crippen LogP contribution >= 0.6 is 0 Å². The second-order valence-corrected chi connectivity index (χ2v) is 10.8. The van der Waals surface area contributed by atoms with E-state index in [0.29, 0.717) is 16.9 Å². The summed E-state index contributed by atoms with van der Waals surface area (Å²) >= 11 is 0. The molecule has 3 aromatic rings. The molecule has 0 spiro atoms. The Bertz CT molecular complexity index is 1220. The van der Waals surface area contributed by atoms with Crippen molar-refractivity contribution in [3.8, 4) is 0 Å². The number of nitrogens with one attached hydrogen (secondary N) is 2. The monoisotopic (exact) mass is 477 g/mol. The lowest BCUT2D eigenvalue weighted by atomic mass is 9.99. The molecule has 0 unspecified atom stereocenters. The number of carbonyl (C=O) groups excluding carboxylic acids is 1. The van der Waals surface area contributed by atoms with Gasteiger partial charge in [-0.15, -0.1) is 0 Å². The van der Waals surface area contributed by atoms with Gasteiger partial charge in [-0.05, 0) is 86.3 Å². The second kappa shape index (κ2) is 10.4. The lowest BCUT2D eigenvalue weighted by molar-refractivity contribution is 0.102. The molecule has 3 aromatic carbocycles. The molecule has 0 radical (unpaired) electrons. The van der Waals surface area contributed by atoms with Crippen LogP contribution in [0.2, 0.25) is 0 Å². The molecule has 7 heteroatoms. The van der Waals surface area contributed by atoms with Gasteiger partial charge in [0.1, 0.15) is 0 Å². The van der Waals surface area contributed by atoms with Gasteiger partial charge in [-0.3, -0.25) is 14.4 Å². The number of nitrogens with zero attached hydrogens (tertiary/aromatic N) is 1. The Balaban J connectivity index is 1.35. The minimum atomic E-state index is -3.71. The molecule has 1 saturated heterocycles. The summed E-state index contributed by atoms with van der Waals surface area (Å²) in [4.78, 5) is 15.2. The van der Waals surface area contributed by atoms with Gasteiger partial charge in [-0.1, -0.05) is 36.8 Å². The molecule has 178 valence electrons. The zero-order valence-electron chi connectivity index (χ0n) is 19.6. The van der Waals surface area contributed by atoms with Crippen molar-refractivity contribution in [3.05, 3.63) is 89.5 Å². The van der Waals surface area contributed by atoms with E-state index in [2.05, 4.69) is 21.9 Å². The first-order valence-electron chi connectivity index (χ1n) is 11.6. The molecule has 6 nitrogen and oxygen atoms in total. The van der Waals surface area contributed by atoms with Crippen molar-refractivity contribution < 1.29 is 13.2 Å². The molecule has 2 N–H and O–H groups in total. The van der Waals surface area contributed by atoms with E-state index in [9.17, 15) is 13.2 Å². The van der Waals surface area contributed by atoms with Crippen molar-refractivity contribution in [2.24, 2.45) is 5.92 Å². The largest absolute Gasteiger partial charge is 0.322 e. The molecule has 4 rings (SSSR count). The van der Waals surface area contributed by atoms with Gasteiger partial charge in [0.05, 0.1) is 4.90 Å². The lowest BCUT2D eigenvalue weighted by Crippen LogP contribution is -2.33. The zero-order valence-corrected chi connectivity index (χ0v) is 20.4. The van der Waals surface area contributed by atoms with Gasteiger partial charge in [0.15, 0.2) is 0 Å². The highest BCUT2D eigenvalue weighted by Gasteiger charge is 2.17. The number of carbonyl (C=O) groups is 1. The number of sulfonamides is 1. The van der Waals surface area contributed by atoms with Gasteiger partial charge in [0, 0.05) is 30.0 Å². The third kappa shape index (κ3) is 6.24. The average Bonchev–Trinajstić information content (AvgIpc) is 2.81. The highest BCUT2D eigenvalue weighted by Crippen LogP contribution is 2.20. The Labute approximate surface area is 202 Å². The first kappa shape index (κ1) is 24.0. The SMILES string of the molecule is Cc1ccc(NS(=O)(=O)c2ccc(NC(=O)c3ccc(CN4CCC[C@H](C)C4)cc3)cc2)cc1. The van der Waals surface area contributed by atoms with E-state index in [0.717, 1.165) is 31.1 Å². The van der Waals surface area contributed by atoms with E-state index in [-0.39, 0.29) is 10.8 Å². The molecule has 1 amide bonds. The normalized spacial score (nSPS) is 16.7. The van der Waals surface area contributed by atoms with Gasteiger partial charge in [-0.25, -0.2) is 8.42 Å². The first-order valence-corrected chi connectivity index (χ1v) is 13.1. The van der Waals surface area contributed by atoms with Crippen molar-refractivity contribution in [1.82, 2.24) is 4.90 Å². The molecule has 1 heterocycles. The summed E-state index contributed by atoms with van der Waals surface area (Å²) in [5.74, 6) is 0.505. The fourth-order valence-corrected chi connectivity index (χ4v) is 5.27. The Morgan fingerprint density at radius 2 is 1.59 bits per heavy atom. The highest BCUT2D eigenvalue weighted by atomic mass is 32.2. The summed E-state index contributed by atoms with van der Waals surface area (Å²) < 4.78 is 27.8. The van der Waals surface area contributed by atoms with E-state index < -0.39 is 10.0 Å². The van der Waals surface area contributed by atoms with Gasteiger partial charge in [-0.2, -0.15) is 0 Å². The fraction of sp³-hybridized carbons (Fsp3) is 0.296. The second-order valence-electron chi connectivity index (χ2n) is 9.13. The lowest BCUT2D eigenvalue weighted by Gasteiger charge is -2.30. The van der Waals surface area contributed by atoms with E-state index in [1.165, 1.54) is 30.5 Å². The van der Waals surface area contributed by atoms with Gasteiger partial charge in [0.25, 0.3) is 15.9 Å². The van der Waals surface area contributed by atoms with Crippen LogP contribution in [0.4, 0.5) is 11.4 Å². The summed E-state index contributed by atoms with van der Waals surface area (Å²) in [5.41, 5.74) is 3.84. The topological polar surface area (TPSA) is 78.5 Å². The minimum absolute atomic E-state index is 0.127. The van der Waals surface area contributed by atoms with Crippen LogP contribution in [0.15, 0.2) is 77.7 Å². The average molecular weight is 478 g/mol. The molecule has 0 aromatic heterocycles. The molecule has 1 fully saturated rings. The number of hydrogen-bond donors (Lipinski definition) is 2. The van der Waals surface area contributed by atoms with Crippen LogP contribution in [0.5, 0.6) is 0 Å². The number of benzene rings is 3. The van der Waals surface area contributed by atoms with Crippen molar-refractivity contribution in [2.45, 2.75) is 38.1 Å². The smallest absolute Gasteiger partial charge is 0.261 e. The molecular formula is C27H31N3O3S. The number of anilines is 2. The predicted octanol–water partition coefficient (Wildman–Crippen LogP) is 5.28. The van der Waals surface area contributed by atoms with Crippen LogP contribution in [0, 0.1) is 12.8 Å². The van der Waals surface area contributed by atoms with Gasteiger partial charge < -0.3 is 5.32 Å². The number of rotatable bonds is 7. The molecule has 0 saturated carbocycles. The van der Waals surface area contributed by atoms with Crippen molar-refractivity contribution >= 4 is 27.3 Å². The van der Waals surface area contributed by atoms with Crippen LogP contribution < -0.4 is 10.0 Å². The summed E-state index contributed by atoms with van der Waals surface area (Å²) in [5, 5.41) is 2.83. The molecule has 0 aliphatic carbocycles. The zero-order chi connectivity index (χ0) is 24.1. The van der Waals surface area contributed by atoms with Crippen LogP contribution in [0.25, 0.3) is 0 Å².